The van der Waals surface area contributed by atoms with Gasteiger partial charge in [-0.2, -0.15) is 0 Å². The third-order valence-corrected chi connectivity index (χ3v) is 8.56. The average Bonchev–Trinajstić information content (AvgIpc) is 3.42. The molecule has 5 rings (SSSR count). The minimum Gasteiger partial charge on any atom is -0.543 e. The predicted octanol–water partition coefficient (Wildman–Crippen LogP) is -0.517. The zero-order chi connectivity index (χ0) is 25.6. The number of nitrogens with two attached hydrogens (primary N) is 1. The molecule has 186 valence electrons. The van der Waals surface area contributed by atoms with E-state index < -0.39 is 29.2 Å². The largest absolute Gasteiger partial charge is 0.543 e. The molecule has 15 heteroatoms. The van der Waals surface area contributed by atoms with Gasteiger partial charge in [0.05, 0.1) is 17.9 Å². The van der Waals surface area contributed by atoms with Gasteiger partial charge in [0.25, 0.3) is 17.5 Å². The molecule has 2 aliphatic rings. The summed E-state index contributed by atoms with van der Waals surface area (Å²) in [5.74, 6) is -2.37. The quantitative estimate of drug-likeness (QED) is 0.161. The molecule has 5 heterocycles. The molecule has 0 spiro atoms. The second kappa shape index (κ2) is 9.55. The number of carboxylic acids is 1. The molecule has 2 amide bonds. The van der Waals surface area contributed by atoms with Crippen LogP contribution in [0.15, 0.2) is 57.0 Å². The number of rotatable bonds is 7. The standard InChI is InChI=1S/C21H18BrN7O5S2/c1-34-26-13(12-16(22)36-21(23)25-12)17(30)24-14-18(31)29-15(20(32)33)10(9-35-19(14)29)8-28-7-6-27-5-3-2-4-11(27)28/h2-7,14,19H,8-9H2,1H3,(H3-,23,24,25,30,32,33)/b26-13-/t14-,19+/m1/s1. The molecule has 0 unspecified atom stereocenters. The lowest BCUT2D eigenvalue weighted by atomic mass is 10.0. The molecule has 3 N–H and O–H groups in total. The summed E-state index contributed by atoms with van der Waals surface area (Å²) in [6.45, 7) is 0.272. The second-order valence-corrected chi connectivity index (χ2v) is 11.2. The first-order valence-electron chi connectivity index (χ1n) is 10.5. The molecule has 1 fully saturated rings. The molecule has 2 aliphatic heterocycles. The van der Waals surface area contributed by atoms with Crippen LogP contribution in [-0.2, 0) is 25.8 Å². The Morgan fingerprint density at radius 1 is 1.42 bits per heavy atom. The van der Waals surface area contributed by atoms with Crippen LogP contribution in [0.25, 0.3) is 5.65 Å². The van der Waals surface area contributed by atoms with Crippen LogP contribution >= 0.6 is 39.0 Å². The van der Waals surface area contributed by atoms with Gasteiger partial charge in [-0.25, -0.2) is 14.0 Å². The average molecular weight is 592 g/mol. The molecule has 0 saturated carbocycles. The smallest absolute Gasteiger partial charge is 0.286 e. The number of β-lactam (4-membered cyclic amide) rings is 1. The first kappa shape index (κ1) is 24.3. The number of halogens is 1. The van der Waals surface area contributed by atoms with Gasteiger partial charge in [0.1, 0.15) is 46.9 Å². The molecular formula is C21H18BrN7O5S2. The zero-order valence-electron chi connectivity index (χ0n) is 18.6. The van der Waals surface area contributed by atoms with E-state index >= 15 is 0 Å². The maximum atomic E-state index is 13.0. The SMILES string of the molecule is CO/N=C(\C(=O)N[C@@H]1C(=O)N2C(C(=O)[O-])=C(C[n+]3ccn4ccccc43)CS[C@@H]12)c1nc(N)sc1Br. The maximum absolute atomic E-state index is 13.0. The summed E-state index contributed by atoms with van der Waals surface area (Å²) in [5, 5.41) is 18.1. The highest BCUT2D eigenvalue weighted by atomic mass is 79.9. The minimum absolute atomic E-state index is 0.169. The monoisotopic (exact) mass is 591 g/mol. The van der Waals surface area contributed by atoms with Gasteiger partial charge in [-0.3, -0.25) is 14.5 Å². The Labute approximate surface area is 220 Å². The van der Waals surface area contributed by atoms with Crippen LogP contribution in [0.3, 0.4) is 0 Å². The van der Waals surface area contributed by atoms with Crippen LogP contribution in [-0.4, -0.2) is 62.1 Å². The first-order chi connectivity index (χ1) is 17.3. The minimum atomic E-state index is -1.44. The Hall–Kier alpha value is -3.43. The molecule has 36 heavy (non-hydrogen) atoms. The van der Waals surface area contributed by atoms with Gasteiger partial charge < -0.3 is 25.8 Å². The van der Waals surface area contributed by atoms with E-state index in [2.05, 4.69) is 31.4 Å². The van der Waals surface area contributed by atoms with E-state index in [0.717, 1.165) is 17.0 Å². The van der Waals surface area contributed by atoms with E-state index in [4.69, 9.17) is 10.6 Å². The highest BCUT2D eigenvalue weighted by molar-refractivity contribution is 9.11. The topological polar surface area (TPSA) is 158 Å². The number of carbonyl (C=O) groups is 3. The first-order valence-corrected chi connectivity index (χ1v) is 13.1. The number of nitrogen functional groups attached to an aromatic ring is 1. The lowest BCUT2D eigenvalue weighted by Gasteiger charge is -2.50. The van der Waals surface area contributed by atoms with Crippen LogP contribution < -0.4 is 20.7 Å². The van der Waals surface area contributed by atoms with Gasteiger partial charge in [-0.05, 0) is 22.0 Å². The normalized spacial score (nSPS) is 19.8. The molecular weight excluding hydrogens is 574 g/mol. The number of imidazole rings is 1. The Bertz CT molecular complexity index is 1470. The number of thiazole rings is 1. The molecule has 0 bridgehead atoms. The fourth-order valence-corrected chi connectivity index (χ4v) is 6.80. The fourth-order valence-electron chi connectivity index (χ4n) is 4.13. The third kappa shape index (κ3) is 4.12. The Morgan fingerprint density at radius 2 is 2.22 bits per heavy atom. The van der Waals surface area contributed by atoms with Crippen molar-refractivity contribution < 1.29 is 28.9 Å². The van der Waals surface area contributed by atoms with Crippen molar-refractivity contribution in [2.24, 2.45) is 5.16 Å². The summed E-state index contributed by atoms with van der Waals surface area (Å²) in [6.07, 6.45) is 5.59. The van der Waals surface area contributed by atoms with E-state index in [0.29, 0.717) is 15.1 Å². The molecule has 2 atom stereocenters. The van der Waals surface area contributed by atoms with Crippen LogP contribution in [0.5, 0.6) is 0 Å². The van der Waals surface area contributed by atoms with E-state index in [1.54, 1.807) is 0 Å². The molecule has 3 aromatic rings. The molecule has 0 aliphatic carbocycles. The van der Waals surface area contributed by atoms with E-state index in [9.17, 15) is 19.5 Å². The summed E-state index contributed by atoms with van der Waals surface area (Å²) in [7, 11) is 1.27. The number of aromatic nitrogens is 3. The number of carbonyl (C=O) groups excluding carboxylic acids is 3. The van der Waals surface area contributed by atoms with Crippen LogP contribution in [0, 0.1) is 0 Å². The summed E-state index contributed by atoms with van der Waals surface area (Å²) in [6, 6.07) is 4.73. The lowest BCUT2D eigenvalue weighted by molar-refractivity contribution is -0.662. The van der Waals surface area contributed by atoms with Crippen molar-refractivity contribution in [2.75, 3.05) is 18.6 Å². The van der Waals surface area contributed by atoms with Gasteiger partial charge >= 0.3 is 0 Å². The van der Waals surface area contributed by atoms with Crippen molar-refractivity contribution in [3.05, 3.63) is 57.5 Å². The van der Waals surface area contributed by atoms with E-state index in [1.165, 1.54) is 23.8 Å². The molecule has 3 aromatic heterocycles. The Balaban J connectivity index is 1.38. The van der Waals surface area contributed by atoms with Crippen molar-refractivity contribution in [1.82, 2.24) is 19.6 Å². The molecule has 0 radical (unpaired) electrons. The van der Waals surface area contributed by atoms with Crippen molar-refractivity contribution in [1.29, 1.82) is 0 Å². The number of nitrogens with zero attached hydrogens (tertiary/aromatic N) is 5. The number of oxime groups is 1. The number of hydrogen-bond acceptors (Lipinski definition) is 10. The van der Waals surface area contributed by atoms with Crippen LogP contribution in [0.2, 0.25) is 0 Å². The Morgan fingerprint density at radius 3 is 2.92 bits per heavy atom. The van der Waals surface area contributed by atoms with Crippen molar-refractivity contribution in [3.63, 3.8) is 0 Å². The van der Waals surface area contributed by atoms with Gasteiger partial charge in [0.2, 0.25) is 0 Å². The van der Waals surface area contributed by atoms with E-state index in [-0.39, 0.29) is 28.8 Å². The zero-order valence-corrected chi connectivity index (χ0v) is 21.8. The van der Waals surface area contributed by atoms with Gasteiger partial charge in [0, 0.05) is 17.4 Å². The van der Waals surface area contributed by atoms with Crippen molar-refractivity contribution in [3.8, 4) is 0 Å². The highest BCUT2D eigenvalue weighted by Gasteiger charge is 2.53. The number of pyridine rings is 1. The van der Waals surface area contributed by atoms with E-state index in [1.807, 2.05) is 45.8 Å². The lowest BCUT2D eigenvalue weighted by Crippen LogP contribution is -2.71. The predicted molar refractivity (Wildman–Crippen MR) is 132 cm³/mol. The maximum Gasteiger partial charge on any atom is 0.286 e. The number of amides is 2. The van der Waals surface area contributed by atoms with Gasteiger partial charge in [-0.15, -0.1) is 11.8 Å². The second-order valence-electron chi connectivity index (χ2n) is 7.79. The number of thioether (sulfide) groups is 1. The number of nitrogens with one attached hydrogen (secondary N) is 1. The molecule has 1 saturated heterocycles. The number of aliphatic carboxylic acids is 1. The van der Waals surface area contributed by atoms with Crippen molar-refractivity contribution in [2.45, 2.75) is 18.0 Å². The number of carboxylic acid groups (broad SMARTS) is 1. The third-order valence-electron chi connectivity index (χ3n) is 5.68. The van der Waals surface area contributed by atoms with Gasteiger partial charge in [0.15, 0.2) is 10.8 Å². The van der Waals surface area contributed by atoms with Crippen molar-refractivity contribution >= 4 is 73.3 Å². The number of hydrogen-bond donors (Lipinski definition) is 2. The summed E-state index contributed by atoms with van der Waals surface area (Å²) in [4.78, 5) is 48.2. The molecule has 12 nitrogen and oxygen atoms in total. The summed E-state index contributed by atoms with van der Waals surface area (Å²) < 4.78 is 4.28. The number of fused-ring (bicyclic) bond motifs is 2. The van der Waals surface area contributed by atoms with Crippen LogP contribution in [0.4, 0.5) is 5.13 Å². The molecule has 0 aromatic carbocycles. The Kier molecular flexibility index (Phi) is 6.44. The summed E-state index contributed by atoms with van der Waals surface area (Å²) >= 11 is 5.76. The highest BCUT2D eigenvalue weighted by Crippen LogP contribution is 2.40. The van der Waals surface area contributed by atoms with Crippen LogP contribution in [0.1, 0.15) is 5.69 Å². The summed E-state index contributed by atoms with van der Waals surface area (Å²) in [5.41, 5.74) is 6.96. The van der Waals surface area contributed by atoms with Gasteiger partial charge in [-0.1, -0.05) is 22.6 Å². The number of anilines is 1. The fraction of sp³-hybridized carbons (Fsp3) is 0.238.